The first-order chi connectivity index (χ1) is 15.8. The van der Waals surface area contributed by atoms with E-state index in [9.17, 15) is 5.11 Å². The molecule has 1 saturated carbocycles. The highest BCUT2D eigenvalue weighted by molar-refractivity contribution is 6.32. The Kier molecular flexibility index (Phi) is 7.10. The lowest BCUT2D eigenvalue weighted by atomic mass is 9.92. The third-order valence-corrected chi connectivity index (χ3v) is 7.20. The summed E-state index contributed by atoms with van der Waals surface area (Å²) >= 11 is 6.73. The molecule has 3 aromatic heterocycles. The van der Waals surface area contributed by atoms with Gasteiger partial charge in [0.1, 0.15) is 16.7 Å². The molecule has 0 aliphatic heterocycles. The number of furan rings is 1. The lowest BCUT2D eigenvalue weighted by molar-refractivity contribution is 0.191. The Labute approximate surface area is 200 Å². The summed E-state index contributed by atoms with van der Waals surface area (Å²) in [6.45, 7) is 11.7. The molecular formula is C25H34ClN5O2. The van der Waals surface area contributed by atoms with Crippen LogP contribution in [0.5, 0.6) is 0 Å². The summed E-state index contributed by atoms with van der Waals surface area (Å²) in [5.74, 6) is 3.25. The third-order valence-electron chi connectivity index (χ3n) is 6.92. The van der Waals surface area contributed by atoms with Crippen molar-refractivity contribution in [2.24, 2.45) is 23.7 Å². The van der Waals surface area contributed by atoms with Crippen molar-refractivity contribution in [3.63, 3.8) is 0 Å². The number of aromatic nitrogens is 3. The molecule has 4 rings (SSSR count). The van der Waals surface area contributed by atoms with Gasteiger partial charge < -0.3 is 20.2 Å². The second kappa shape index (κ2) is 9.85. The molecule has 1 aliphatic carbocycles. The molecule has 1 aliphatic rings. The van der Waals surface area contributed by atoms with Crippen molar-refractivity contribution in [2.75, 3.05) is 23.8 Å². The van der Waals surface area contributed by atoms with E-state index in [1.165, 1.54) is 0 Å². The lowest BCUT2D eigenvalue weighted by Crippen LogP contribution is -2.25. The molecule has 33 heavy (non-hydrogen) atoms. The Morgan fingerprint density at radius 1 is 1.21 bits per heavy atom. The van der Waals surface area contributed by atoms with Crippen molar-refractivity contribution in [3.05, 3.63) is 29.2 Å². The monoisotopic (exact) mass is 471 g/mol. The van der Waals surface area contributed by atoms with Crippen molar-refractivity contribution >= 4 is 34.3 Å². The number of hydrogen-bond acceptors (Lipinski definition) is 7. The van der Waals surface area contributed by atoms with Crippen LogP contribution >= 0.6 is 11.6 Å². The fraction of sp³-hybridized carbons (Fsp3) is 0.560. The number of nitrogens with one attached hydrogen (secondary N) is 2. The maximum absolute atomic E-state index is 9.80. The molecule has 178 valence electrons. The van der Waals surface area contributed by atoms with Crippen LogP contribution in [-0.2, 0) is 6.42 Å². The van der Waals surface area contributed by atoms with E-state index in [4.69, 9.17) is 21.0 Å². The smallest absolute Gasteiger partial charge is 0.226 e. The molecule has 0 spiro atoms. The molecule has 7 nitrogen and oxygen atoms in total. The van der Waals surface area contributed by atoms with Gasteiger partial charge in [0.2, 0.25) is 5.95 Å². The van der Waals surface area contributed by atoms with Gasteiger partial charge in [-0.05, 0) is 48.6 Å². The average Bonchev–Trinajstić information content (AvgIpc) is 3.32. The van der Waals surface area contributed by atoms with Crippen molar-refractivity contribution in [2.45, 2.75) is 53.5 Å². The van der Waals surface area contributed by atoms with Crippen molar-refractivity contribution < 1.29 is 9.52 Å². The van der Waals surface area contributed by atoms with E-state index in [0.717, 1.165) is 30.5 Å². The zero-order valence-electron chi connectivity index (χ0n) is 20.0. The SMILES string of the molecule is CCc1cc2cc(-c3c(Cl)nc(NCC(C)C)nc3N[C@@H]3C[C@H](CO)[C@@H](C)[C@H]3C)oc2cn1. The number of hydrogen-bond donors (Lipinski definition) is 3. The third kappa shape index (κ3) is 4.94. The first-order valence-electron chi connectivity index (χ1n) is 11.9. The van der Waals surface area contributed by atoms with E-state index < -0.39 is 0 Å². The summed E-state index contributed by atoms with van der Waals surface area (Å²) < 4.78 is 6.14. The first-order valence-corrected chi connectivity index (χ1v) is 12.3. The standard InChI is InChI=1S/C25H34ClN5O2/c1-6-18-7-16-9-20(33-21(16)11-27-18)22-23(26)30-25(28-10-13(2)3)31-24(22)29-19-8-17(12-32)14(4)15(19)5/h7,9,11,13-15,17,19,32H,6,8,10,12H2,1-5H3,(H2,28,29,30,31)/t14-,15+,17+,19+/m0/s1. The summed E-state index contributed by atoms with van der Waals surface area (Å²) in [7, 11) is 0. The van der Waals surface area contributed by atoms with Gasteiger partial charge in [-0.15, -0.1) is 0 Å². The maximum atomic E-state index is 9.80. The van der Waals surface area contributed by atoms with Crippen LogP contribution < -0.4 is 10.6 Å². The number of anilines is 2. The fourth-order valence-electron chi connectivity index (χ4n) is 4.60. The van der Waals surface area contributed by atoms with Crippen LogP contribution in [0.2, 0.25) is 5.15 Å². The van der Waals surface area contributed by atoms with E-state index in [0.29, 0.717) is 51.6 Å². The number of aliphatic hydroxyl groups excluding tert-OH is 1. The summed E-state index contributed by atoms with van der Waals surface area (Å²) in [4.78, 5) is 13.8. The number of halogens is 1. The Bertz CT molecular complexity index is 1120. The first kappa shape index (κ1) is 23.8. The normalized spacial score (nSPS) is 22.9. The molecule has 0 bridgehead atoms. The summed E-state index contributed by atoms with van der Waals surface area (Å²) in [6.07, 6.45) is 3.48. The second-order valence-corrected chi connectivity index (χ2v) is 10.0. The number of rotatable bonds is 8. The van der Waals surface area contributed by atoms with Crippen LogP contribution in [0, 0.1) is 23.7 Å². The van der Waals surface area contributed by atoms with Crippen LogP contribution in [0.1, 0.15) is 46.7 Å². The quantitative estimate of drug-likeness (QED) is 0.366. The van der Waals surface area contributed by atoms with Gasteiger partial charge in [0.25, 0.3) is 0 Å². The van der Waals surface area contributed by atoms with E-state index in [1.807, 2.05) is 12.1 Å². The molecule has 0 aromatic carbocycles. The van der Waals surface area contributed by atoms with Gasteiger partial charge in [-0.2, -0.15) is 4.98 Å². The summed E-state index contributed by atoms with van der Waals surface area (Å²) in [6, 6.07) is 4.18. The summed E-state index contributed by atoms with van der Waals surface area (Å²) in [5.41, 5.74) is 2.36. The minimum atomic E-state index is 0.164. The molecule has 0 radical (unpaired) electrons. The Balaban J connectivity index is 1.75. The lowest BCUT2D eigenvalue weighted by Gasteiger charge is -2.22. The number of pyridine rings is 1. The minimum absolute atomic E-state index is 0.164. The van der Waals surface area contributed by atoms with E-state index in [2.05, 4.69) is 55.2 Å². The molecule has 0 saturated heterocycles. The zero-order valence-corrected chi connectivity index (χ0v) is 20.8. The highest BCUT2D eigenvalue weighted by Crippen LogP contribution is 2.41. The Morgan fingerprint density at radius 2 is 2.00 bits per heavy atom. The van der Waals surface area contributed by atoms with Crippen LogP contribution in [0.25, 0.3) is 22.3 Å². The molecule has 3 N–H and O–H groups in total. The number of aliphatic hydroxyl groups is 1. The number of nitrogens with zero attached hydrogens (tertiary/aromatic N) is 3. The number of fused-ring (bicyclic) bond motifs is 1. The zero-order chi connectivity index (χ0) is 23.7. The summed E-state index contributed by atoms with van der Waals surface area (Å²) in [5, 5.41) is 18.0. The molecular weight excluding hydrogens is 438 g/mol. The number of aryl methyl sites for hydroxylation is 1. The van der Waals surface area contributed by atoms with E-state index >= 15 is 0 Å². The van der Waals surface area contributed by atoms with Crippen LogP contribution in [0.4, 0.5) is 11.8 Å². The van der Waals surface area contributed by atoms with Gasteiger partial charge in [-0.3, -0.25) is 4.98 Å². The van der Waals surface area contributed by atoms with Gasteiger partial charge in [-0.25, -0.2) is 4.98 Å². The molecule has 0 unspecified atom stereocenters. The molecule has 4 atom stereocenters. The topological polar surface area (TPSA) is 96.1 Å². The van der Waals surface area contributed by atoms with Crippen LogP contribution in [-0.4, -0.2) is 39.3 Å². The van der Waals surface area contributed by atoms with Crippen molar-refractivity contribution in [3.8, 4) is 11.3 Å². The second-order valence-electron chi connectivity index (χ2n) is 9.66. The van der Waals surface area contributed by atoms with Gasteiger partial charge in [-0.1, -0.05) is 46.2 Å². The van der Waals surface area contributed by atoms with E-state index in [-0.39, 0.29) is 18.6 Å². The largest absolute Gasteiger partial charge is 0.454 e. The van der Waals surface area contributed by atoms with Crippen molar-refractivity contribution in [1.29, 1.82) is 0 Å². The molecule has 1 fully saturated rings. The maximum Gasteiger partial charge on any atom is 0.226 e. The highest BCUT2D eigenvalue weighted by Gasteiger charge is 2.38. The van der Waals surface area contributed by atoms with Crippen molar-refractivity contribution in [1.82, 2.24) is 15.0 Å². The fourth-order valence-corrected chi connectivity index (χ4v) is 4.86. The van der Waals surface area contributed by atoms with Gasteiger partial charge in [0.15, 0.2) is 5.58 Å². The molecule has 3 heterocycles. The Hall–Kier alpha value is -2.38. The van der Waals surface area contributed by atoms with Gasteiger partial charge in [0.05, 0.1) is 11.8 Å². The predicted molar refractivity (Wildman–Crippen MR) is 134 cm³/mol. The molecule has 8 heteroatoms. The molecule has 0 amide bonds. The van der Waals surface area contributed by atoms with Gasteiger partial charge >= 0.3 is 0 Å². The van der Waals surface area contributed by atoms with E-state index in [1.54, 1.807) is 6.20 Å². The minimum Gasteiger partial charge on any atom is -0.454 e. The molecule has 3 aromatic rings. The van der Waals surface area contributed by atoms with Crippen LogP contribution in [0.3, 0.4) is 0 Å². The highest BCUT2D eigenvalue weighted by atomic mass is 35.5. The van der Waals surface area contributed by atoms with Crippen LogP contribution in [0.15, 0.2) is 22.7 Å². The predicted octanol–water partition coefficient (Wildman–Crippen LogP) is 5.63. The van der Waals surface area contributed by atoms with Gasteiger partial charge in [0, 0.05) is 30.3 Å². The average molecular weight is 472 g/mol. The Morgan fingerprint density at radius 3 is 2.67 bits per heavy atom.